The van der Waals surface area contributed by atoms with Gasteiger partial charge in [-0.15, -0.1) is 11.3 Å². The minimum atomic E-state index is -0.468. The van der Waals surface area contributed by atoms with E-state index in [0.29, 0.717) is 12.3 Å². The molecule has 2 aromatic rings. The summed E-state index contributed by atoms with van der Waals surface area (Å²) in [5, 5.41) is 2.73. The molecule has 0 atom stereocenters. The predicted octanol–water partition coefficient (Wildman–Crippen LogP) is 3.59. The third kappa shape index (κ3) is 3.54. The molecule has 0 saturated heterocycles. The Morgan fingerprint density at radius 3 is 2.84 bits per heavy atom. The monoisotopic (exact) mass is 343 g/mol. The van der Waals surface area contributed by atoms with Crippen LogP contribution < -0.4 is 10.1 Å². The van der Waals surface area contributed by atoms with Crippen molar-refractivity contribution in [1.29, 1.82) is 0 Å². The van der Waals surface area contributed by atoms with Crippen molar-refractivity contribution < 1.29 is 13.9 Å². The normalized spacial score (nSPS) is 10.3. The summed E-state index contributed by atoms with van der Waals surface area (Å²) in [6.07, 6.45) is 0. The third-order valence-electron chi connectivity index (χ3n) is 2.46. The summed E-state index contributed by atoms with van der Waals surface area (Å²) in [5.74, 6) is -0.475. The number of ether oxygens (including phenoxy) is 1. The first kappa shape index (κ1) is 14.0. The molecule has 0 spiro atoms. The Balaban J connectivity index is 2.09. The number of carbonyl (C=O) groups excluding carboxylic acids is 1. The third-order valence-corrected chi connectivity index (χ3v) is 4.08. The first-order valence-electron chi connectivity index (χ1n) is 5.46. The SMILES string of the molecule is COc1ccc(F)cc1C(=O)NCc1ccc(Br)s1. The number of rotatable bonds is 4. The van der Waals surface area contributed by atoms with Gasteiger partial charge in [-0.3, -0.25) is 4.79 Å². The van der Waals surface area contributed by atoms with Crippen LogP contribution in [-0.4, -0.2) is 13.0 Å². The smallest absolute Gasteiger partial charge is 0.255 e. The maximum absolute atomic E-state index is 13.2. The molecule has 6 heteroatoms. The molecule has 3 nitrogen and oxygen atoms in total. The van der Waals surface area contributed by atoms with Gasteiger partial charge in [0.1, 0.15) is 11.6 Å². The van der Waals surface area contributed by atoms with Gasteiger partial charge in [-0.2, -0.15) is 0 Å². The van der Waals surface area contributed by atoms with Gasteiger partial charge in [0.2, 0.25) is 0 Å². The van der Waals surface area contributed by atoms with E-state index in [1.54, 1.807) is 0 Å². The fourth-order valence-electron chi connectivity index (χ4n) is 1.57. The number of halogens is 2. The number of hydrogen-bond acceptors (Lipinski definition) is 3. The van der Waals surface area contributed by atoms with E-state index in [1.807, 2.05) is 12.1 Å². The Morgan fingerprint density at radius 1 is 1.42 bits per heavy atom. The quantitative estimate of drug-likeness (QED) is 0.921. The maximum Gasteiger partial charge on any atom is 0.255 e. The van der Waals surface area contributed by atoms with Crippen molar-refractivity contribution in [2.45, 2.75) is 6.54 Å². The lowest BCUT2D eigenvalue weighted by atomic mass is 10.2. The molecule has 0 radical (unpaired) electrons. The molecule has 1 amide bonds. The number of benzene rings is 1. The number of methoxy groups -OCH3 is 1. The molecule has 0 aliphatic carbocycles. The van der Waals surface area contributed by atoms with Crippen molar-refractivity contribution in [3.8, 4) is 5.75 Å². The highest BCUT2D eigenvalue weighted by Crippen LogP contribution is 2.22. The van der Waals surface area contributed by atoms with Crippen LogP contribution in [0.3, 0.4) is 0 Å². The summed E-state index contributed by atoms with van der Waals surface area (Å²) in [6, 6.07) is 7.68. The van der Waals surface area contributed by atoms with Gasteiger partial charge in [0.15, 0.2) is 0 Å². The molecular weight excluding hydrogens is 333 g/mol. The average molecular weight is 344 g/mol. The standard InChI is InChI=1S/C13H11BrFNO2S/c1-18-11-4-2-8(15)6-10(11)13(17)16-7-9-3-5-12(14)19-9/h2-6H,7H2,1H3,(H,16,17). The van der Waals surface area contributed by atoms with Gasteiger partial charge in [-0.1, -0.05) is 0 Å². The van der Waals surface area contributed by atoms with Crippen molar-refractivity contribution in [1.82, 2.24) is 5.32 Å². The van der Waals surface area contributed by atoms with E-state index < -0.39 is 5.82 Å². The largest absolute Gasteiger partial charge is 0.496 e. The zero-order valence-electron chi connectivity index (χ0n) is 10.1. The molecule has 100 valence electrons. The number of thiophene rings is 1. The molecule has 2 rings (SSSR count). The molecule has 0 aliphatic heterocycles. The summed E-state index contributed by atoms with van der Waals surface area (Å²) in [4.78, 5) is 13.0. The molecule has 1 N–H and O–H groups in total. The number of amides is 1. The molecule has 19 heavy (non-hydrogen) atoms. The van der Waals surface area contributed by atoms with Crippen LogP contribution in [-0.2, 0) is 6.54 Å². The predicted molar refractivity (Wildman–Crippen MR) is 76.1 cm³/mol. The van der Waals surface area contributed by atoms with Crippen LogP contribution in [0.4, 0.5) is 4.39 Å². The van der Waals surface area contributed by atoms with Gasteiger partial charge < -0.3 is 10.1 Å². The topological polar surface area (TPSA) is 38.3 Å². The zero-order valence-corrected chi connectivity index (χ0v) is 12.5. The van der Waals surface area contributed by atoms with Gasteiger partial charge in [0.05, 0.1) is 23.0 Å². The second kappa shape index (κ2) is 6.16. The summed E-state index contributed by atoms with van der Waals surface area (Å²) >= 11 is 4.89. The van der Waals surface area contributed by atoms with Gasteiger partial charge in [0, 0.05) is 4.88 Å². The first-order chi connectivity index (χ1) is 9.10. The lowest BCUT2D eigenvalue weighted by Crippen LogP contribution is -2.23. The highest BCUT2D eigenvalue weighted by molar-refractivity contribution is 9.11. The number of nitrogens with one attached hydrogen (secondary N) is 1. The fourth-order valence-corrected chi connectivity index (χ4v) is 2.99. The summed E-state index contributed by atoms with van der Waals surface area (Å²) in [5.41, 5.74) is 0.193. The van der Waals surface area contributed by atoms with Crippen molar-refractivity contribution in [2.75, 3.05) is 7.11 Å². The Labute approximate surface area is 122 Å². The average Bonchev–Trinajstić information content (AvgIpc) is 2.81. The Morgan fingerprint density at radius 2 is 2.21 bits per heavy atom. The minimum Gasteiger partial charge on any atom is -0.496 e. The van der Waals surface area contributed by atoms with E-state index in [2.05, 4.69) is 21.2 Å². The molecular formula is C13H11BrFNO2S. The first-order valence-corrected chi connectivity index (χ1v) is 7.07. The molecule has 0 unspecified atom stereocenters. The van der Waals surface area contributed by atoms with Crippen LogP contribution in [0.25, 0.3) is 0 Å². The van der Waals surface area contributed by atoms with E-state index in [4.69, 9.17) is 4.74 Å². The lowest BCUT2D eigenvalue weighted by molar-refractivity contribution is 0.0948. The number of carbonyl (C=O) groups is 1. The minimum absolute atomic E-state index is 0.193. The number of hydrogen-bond donors (Lipinski definition) is 1. The van der Waals surface area contributed by atoms with E-state index >= 15 is 0 Å². The maximum atomic E-state index is 13.2. The van der Waals surface area contributed by atoms with Crippen molar-refractivity contribution in [3.63, 3.8) is 0 Å². The Kier molecular flexibility index (Phi) is 4.55. The van der Waals surface area contributed by atoms with Crippen LogP contribution in [0.2, 0.25) is 0 Å². The van der Waals surface area contributed by atoms with Crippen LogP contribution in [0.5, 0.6) is 5.75 Å². The van der Waals surface area contributed by atoms with Crippen LogP contribution in [0, 0.1) is 5.82 Å². The fraction of sp³-hybridized carbons (Fsp3) is 0.154. The molecule has 0 bridgehead atoms. The van der Waals surface area contributed by atoms with Gasteiger partial charge in [0.25, 0.3) is 5.91 Å². The van der Waals surface area contributed by atoms with E-state index in [-0.39, 0.29) is 11.5 Å². The summed E-state index contributed by atoms with van der Waals surface area (Å²) in [7, 11) is 1.44. The molecule has 0 aliphatic rings. The summed E-state index contributed by atoms with van der Waals surface area (Å²) in [6.45, 7) is 0.398. The van der Waals surface area contributed by atoms with Crippen LogP contribution >= 0.6 is 27.3 Å². The van der Waals surface area contributed by atoms with E-state index in [0.717, 1.165) is 8.66 Å². The second-order valence-electron chi connectivity index (χ2n) is 3.73. The van der Waals surface area contributed by atoms with Crippen molar-refractivity contribution in [3.05, 3.63) is 50.4 Å². The molecule has 1 aromatic carbocycles. The van der Waals surface area contributed by atoms with Gasteiger partial charge in [-0.05, 0) is 46.3 Å². The van der Waals surface area contributed by atoms with Gasteiger partial charge >= 0.3 is 0 Å². The lowest BCUT2D eigenvalue weighted by Gasteiger charge is -2.08. The zero-order chi connectivity index (χ0) is 13.8. The highest BCUT2D eigenvalue weighted by atomic mass is 79.9. The van der Waals surface area contributed by atoms with Crippen molar-refractivity contribution >= 4 is 33.2 Å². The highest BCUT2D eigenvalue weighted by Gasteiger charge is 2.13. The molecule has 0 saturated carbocycles. The second-order valence-corrected chi connectivity index (χ2v) is 6.28. The molecule has 0 fully saturated rings. The van der Waals surface area contributed by atoms with Crippen LogP contribution in [0.1, 0.15) is 15.2 Å². The van der Waals surface area contributed by atoms with E-state index in [1.165, 1.54) is 36.6 Å². The Bertz CT molecular complexity index is 600. The molecule has 1 aromatic heterocycles. The van der Waals surface area contributed by atoms with E-state index in [9.17, 15) is 9.18 Å². The summed E-state index contributed by atoms with van der Waals surface area (Å²) < 4.78 is 19.2. The molecule has 1 heterocycles. The Hall–Kier alpha value is -1.40. The van der Waals surface area contributed by atoms with Gasteiger partial charge in [-0.25, -0.2) is 4.39 Å². The van der Waals surface area contributed by atoms with Crippen molar-refractivity contribution in [2.24, 2.45) is 0 Å². The van der Waals surface area contributed by atoms with Crippen LogP contribution in [0.15, 0.2) is 34.1 Å².